The number of aromatic nitrogens is 1. The van der Waals surface area contributed by atoms with Crippen LogP contribution in [0.4, 0.5) is 4.39 Å². The van der Waals surface area contributed by atoms with E-state index in [9.17, 15) is 14.0 Å². The maximum atomic E-state index is 13.3. The molecule has 0 spiro atoms. The van der Waals surface area contributed by atoms with Crippen molar-refractivity contribution in [3.05, 3.63) is 65.2 Å². The first kappa shape index (κ1) is 18.0. The molecule has 1 fully saturated rings. The van der Waals surface area contributed by atoms with E-state index in [0.29, 0.717) is 18.7 Å². The van der Waals surface area contributed by atoms with E-state index in [4.69, 9.17) is 0 Å². The number of nitrogens with one attached hydrogen (secondary N) is 1. The van der Waals surface area contributed by atoms with Gasteiger partial charge in [-0.1, -0.05) is 18.2 Å². The number of benzene rings is 1. The van der Waals surface area contributed by atoms with Gasteiger partial charge in [0.05, 0.1) is 18.2 Å². The molecule has 2 heterocycles. The number of pyridine rings is 1. The maximum Gasteiger partial charge on any atom is 0.227 e. The van der Waals surface area contributed by atoms with Crippen LogP contribution in [0.5, 0.6) is 0 Å². The molecule has 3 rings (SSSR count). The minimum atomic E-state index is -0.329. The van der Waals surface area contributed by atoms with Crippen molar-refractivity contribution in [1.29, 1.82) is 0 Å². The number of hydrogen-bond acceptors (Lipinski definition) is 3. The second kappa shape index (κ2) is 8.08. The zero-order valence-electron chi connectivity index (χ0n) is 14.7. The molecule has 1 N–H and O–H groups in total. The van der Waals surface area contributed by atoms with Crippen molar-refractivity contribution in [2.75, 3.05) is 6.54 Å². The van der Waals surface area contributed by atoms with Crippen LogP contribution in [-0.4, -0.2) is 28.2 Å². The Bertz CT molecular complexity index is 792. The van der Waals surface area contributed by atoms with Crippen LogP contribution in [0.1, 0.15) is 42.6 Å². The zero-order valence-corrected chi connectivity index (χ0v) is 14.7. The van der Waals surface area contributed by atoms with Gasteiger partial charge in [0.25, 0.3) is 0 Å². The van der Waals surface area contributed by atoms with Crippen LogP contribution in [0.15, 0.2) is 42.6 Å². The molecule has 1 saturated heterocycles. The Kier molecular flexibility index (Phi) is 5.61. The average molecular weight is 355 g/mol. The third kappa shape index (κ3) is 4.45. The van der Waals surface area contributed by atoms with Crippen LogP contribution in [0.25, 0.3) is 0 Å². The Morgan fingerprint density at radius 3 is 2.81 bits per heavy atom. The molecule has 2 aromatic rings. The Labute approximate surface area is 152 Å². The second-order valence-electron chi connectivity index (χ2n) is 6.55. The summed E-state index contributed by atoms with van der Waals surface area (Å²) < 4.78 is 13.3. The van der Waals surface area contributed by atoms with Gasteiger partial charge >= 0.3 is 0 Å². The number of carbonyl (C=O) groups excluding carboxylic acids is 2. The third-order valence-electron chi connectivity index (χ3n) is 4.55. The van der Waals surface area contributed by atoms with Gasteiger partial charge in [-0.05, 0) is 42.2 Å². The Hall–Kier alpha value is -2.76. The summed E-state index contributed by atoms with van der Waals surface area (Å²) in [4.78, 5) is 30.0. The van der Waals surface area contributed by atoms with E-state index in [-0.39, 0.29) is 30.1 Å². The number of hydrogen-bond donors (Lipinski definition) is 1. The number of rotatable bonds is 5. The molecule has 1 aliphatic rings. The lowest BCUT2D eigenvalue weighted by atomic mass is 10.1. The SMILES string of the molecule is CC(=O)NCc1ccc([C@@H]2CCCN2C(=O)Cc2cccc(F)c2)nc1. The summed E-state index contributed by atoms with van der Waals surface area (Å²) in [6.07, 6.45) is 3.72. The Morgan fingerprint density at radius 2 is 2.12 bits per heavy atom. The second-order valence-corrected chi connectivity index (χ2v) is 6.55. The molecule has 5 nitrogen and oxygen atoms in total. The van der Waals surface area contributed by atoms with Crippen molar-refractivity contribution in [3.8, 4) is 0 Å². The molecule has 0 bridgehead atoms. The minimum absolute atomic E-state index is 0.0118. The molecule has 2 amide bonds. The molecule has 0 aliphatic carbocycles. The van der Waals surface area contributed by atoms with Crippen molar-refractivity contribution < 1.29 is 14.0 Å². The molecule has 0 radical (unpaired) electrons. The van der Waals surface area contributed by atoms with Crippen LogP contribution < -0.4 is 5.32 Å². The van der Waals surface area contributed by atoms with E-state index in [2.05, 4.69) is 10.3 Å². The van der Waals surface area contributed by atoms with Gasteiger partial charge in [-0.3, -0.25) is 14.6 Å². The van der Waals surface area contributed by atoms with Gasteiger partial charge in [-0.15, -0.1) is 0 Å². The highest BCUT2D eigenvalue weighted by molar-refractivity contribution is 5.79. The van der Waals surface area contributed by atoms with Gasteiger partial charge < -0.3 is 10.2 Å². The molecule has 6 heteroatoms. The molecule has 1 atom stereocenters. The van der Waals surface area contributed by atoms with Crippen molar-refractivity contribution in [3.63, 3.8) is 0 Å². The first-order valence-corrected chi connectivity index (χ1v) is 8.76. The molecule has 0 unspecified atom stereocenters. The van der Waals surface area contributed by atoms with Gasteiger partial charge in [-0.2, -0.15) is 0 Å². The van der Waals surface area contributed by atoms with Gasteiger partial charge in [0.2, 0.25) is 11.8 Å². The summed E-state index contributed by atoms with van der Waals surface area (Å²) in [5.74, 6) is -0.425. The predicted octanol–water partition coefficient (Wildman–Crippen LogP) is 2.76. The first-order chi connectivity index (χ1) is 12.5. The van der Waals surface area contributed by atoms with Crippen molar-refractivity contribution >= 4 is 11.8 Å². The van der Waals surface area contributed by atoms with Gasteiger partial charge in [0.1, 0.15) is 5.82 Å². The van der Waals surface area contributed by atoms with Crippen molar-refractivity contribution in [2.24, 2.45) is 0 Å². The lowest BCUT2D eigenvalue weighted by molar-refractivity contribution is -0.131. The summed E-state index contributed by atoms with van der Waals surface area (Å²) in [7, 11) is 0. The maximum absolute atomic E-state index is 13.3. The van der Waals surface area contributed by atoms with Crippen LogP contribution in [0.2, 0.25) is 0 Å². The smallest absolute Gasteiger partial charge is 0.227 e. The zero-order chi connectivity index (χ0) is 18.5. The third-order valence-corrected chi connectivity index (χ3v) is 4.55. The fourth-order valence-electron chi connectivity index (χ4n) is 3.26. The number of nitrogens with zero attached hydrogens (tertiary/aromatic N) is 2. The normalized spacial score (nSPS) is 16.5. The van der Waals surface area contributed by atoms with Crippen molar-refractivity contribution in [2.45, 2.75) is 38.8 Å². The highest BCUT2D eigenvalue weighted by atomic mass is 19.1. The van der Waals surface area contributed by atoms with E-state index in [1.165, 1.54) is 19.1 Å². The monoisotopic (exact) mass is 355 g/mol. The van der Waals surface area contributed by atoms with E-state index in [0.717, 1.165) is 24.1 Å². The average Bonchev–Trinajstić information content (AvgIpc) is 3.10. The first-order valence-electron chi connectivity index (χ1n) is 8.76. The number of carbonyl (C=O) groups is 2. The molecule has 136 valence electrons. The van der Waals surface area contributed by atoms with E-state index in [1.54, 1.807) is 18.3 Å². The van der Waals surface area contributed by atoms with Crippen LogP contribution in [-0.2, 0) is 22.6 Å². The molecule has 1 aliphatic heterocycles. The van der Waals surface area contributed by atoms with E-state index in [1.807, 2.05) is 17.0 Å². The highest BCUT2D eigenvalue weighted by Crippen LogP contribution is 2.31. The summed E-state index contributed by atoms with van der Waals surface area (Å²) in [5.41, 5.74) is 2.44. The minimum Gasteiger partial charge on any atom is -0.352 e. The summed E-state index contributed by atoms with van der Waals surface area (Å²) in [5, 5.41) is 2.74. The predicted molar refractivity (Wildman–Crippen MR) is 95.5 cm³/mol. The largest absolute Gasteiger partial charge is 0.352 e. The lowest BCUT2D eigenvalue weighted by Gasteiger charge is -2.24. The summed E-state index contributed by atoms with van der Waals surface area (Å²) in [6, 6.07) is 9.94. The lowest BCUT2D eigenvalue weighted by Crippen LogP contribution is -2.32. The topological polar surface area (TPSA) is 62.3 Å². The molecule has 1 aromatic heterocycles. The summed E-state index contributed by atoms with van der Waals surface area (Å²) >= 11 is 0. The van der Waals surface area contributed by atoms with Gasteiger partial charge in [-0.25, -0.2) is 4.39 Å². The number of halogens is 1. The fraction of sp³-hybridized carbons (Fsp3) is 0.350. The Balaban J connectivity index is 1.67. The molecular weight excluding hydrogens is 333 g/mol. The highest BCUT2D eigenvalue weighted by Gasteiger charge is 2.30. The standard InChI is InChI=1S/C20H22FN3O2/c1-14(25)22-12-16-7-8-18(23-13-16)19-6-3-9-24(19)20(26)11-15-4-2-5-17(21)10-15/h2,4-5,7-8,10,13,19H,3,6,9,11-12H2,1H3,(H,22,25)/t19-/m0/s1. The van der Waals surface area contributed by atoms with Crippen LogP contribution in [0, 0.1) is 5.82 Å². The molecule has 1 aromatic carbocycles. The number of amides is 2. The van der Waals surface area contributed by atoms with E-state index < -0.39 is 0 Å². The van der Waals surface area contributed by atoms with Crippen molar-refractivity contribution in [1.82, 2.24) is 15.2 Å². The Morgan fingerprint density at radius 1 is 1.27 bits per heavy atom. The molecule has 0 saturated carbocycles. The van der Waals surface area contributed by atoms with Gasteiger partial charge in [0.15, 0.2) is 0 Å². The van der Waals surface area contributed by atoms with Gasteiger partial charge in [0, 0.05) is 26.2 Å². The quantitative estimate of drug-likeness (QED) is 0.897. The molecular formula is C20H22FN3O2. The fourth-order valence-corrected chi connectivity index (χ4v) is 3.26. The summed E-state index contributed by atoms with van der Waals surface area (Å²) in [6.45, 7) is 2.60. The van der Waals surface area contributed by atoms with E-state index >= 15 is 0 Å². The number of likely N-dealkylation sites (tertiary alicyclic amines) is 1. The molecule has 26 heavy (non-hydrogen) atoms. The van der Waals surface area contributed by atoms with Crippen LogP contribution in [0.3, 0.4) is 0 Å². The van der Waals surface area contributed by atoms with Crippen LogP contribution >= 0.6 is 0 Å².